The van der Waals surface area contributed by atoms with E-state index < -0.39 is 0 Å². The Morgan fingerprint density at radius 2 is 1.42 bits per heavy atom. The molecule has 0 fully saturated rings. The standard InChI is InChI=1S/C24H38O2/c1-5-6-7-8-9-10-11-12-13-14-15-16-23(25)26-24-21(3)18-17-20(2)19-22(24)4/h18-19H,5-16H2,1-4H3. The van der Waals surface area contributed by atoms with Gasteiger partial charge < -0.3 is 4.74 Å². The maximum atomic E-state index is 12.1. The summed E-state index contributed by atoms with van der Waals surface area (Å²) in [5.41, 5.74) is 6.19. The fraction of sp³-hybridized carbons (Fsp3) is 0.667. The van der Waals surface area contributed by atoms with Crippen molar-refractivity contribution in [2.45, 2.75) is 105 Å². The molecule has 0 heterocycles. The number of ether oxygens (including phenoxy) is 1. The maximum absolute atomic E-state index is 12.1. The van der Waals surface area contributed by atoms with Crippen molar-refractivity contribution in [2.24, 2.45) is 0 Å². The smallest absolute Gasteiger partial charge is 0.311 e. The summed E-state index contributed by atoms with van der Waals surface area (Å²) in [4.78, 5) is 12.1. The number of hydrogen-bond acceptors (Lipinski definition) is 2. The molecule has 0 spiro atoms. The molecule has 146 valence electrons. The lowest BCUT2D eigenvalue weighted by atomic mass is 10.1. The summed E-state index contributed by atoms with van der Waals surface area (Å²) in [5.74, 6) is 0.582. The molecule has 0 amide bonds. The van der Waals surface area contributed by atoms with E-state index in [4.69, 9.17) is 4.74 Å². The molecule has 0 saturated heterocycles. The third-order valence-electron chi connectivity index (χ3n) is 4.87. The van der Waals surface area contributed by atoms with Gasteiger partial charge in [0.25, 0.3) is 0 Å². The maximum Gasteiger partial charge on any atom is 0.311 e. The lowest BCUT2D eigenvalue weighted by Gasteiger charge is -2.11. The Morgan fingerprint density at radius 1 is 0.885 bits per heavy atom. The first kappa shape index (κ1) is 22.5. The molecule has 2 heteroatoms. The van der Waals surface area contributed by atoms with Gasteiger partial charge in [-0.3, -0.25) is 4.79 Å². The zero-order valence-corrected chi connectivity index (χ0v) is 17.5. The van der Waals surface area contributed by atoms with Crippen molar-refractivity contribution in [3.05, 3.63) is 40.4 Å². The van der Waals surface area contributed by atoms with E-state index >= 15 is 0 Å². The van der Waals surface area contributed by atoms with E-state index in [1.807, 2.05) is 32.9 Å². The number of unbranched alkanes of at least 4 members (excludes halogenated alkanes) is 10. The van der Waals surface area contributed by atoms with E-state index in [1.54, 1.807) is 0 Å². The second-order valence-electron chi connectivity index (χ2n) is 7.57. The number of rotatable bonds is 13. The van der Waals surface area contributed by atoms with Crippen LogP contribution in [-0.4, -0.2) is 5.97 Å². The van der Waals surface area contributed by atoms with Crippen molar-refractivity contribution in [1.82, 2.24) is 0 Å². The fourth-order valence-corrected chi connectivity index (χ4v) is 3.29. The molecular formula is C24H38O2. The number of allylic oxidation sites excluding steroid dienone is 4. The SMILES string of the molecule is CCCCCCCCCCCCCC(=O)OC1=C(C)C=C=C(C)C=C1C. The molecule has 1 aliphatic rings. The van der Waals surface area contributed by atoms with Gasteiger partial charge in [-0.1, -0.05) is 71.1 Å². The first-order valence-electron chi connectivity index (χ1n) is 10.6. The molecular weight excluding hydrogens is 320 g/mol. The molecule has 0 saturated carbocycles. The highest BCUT2D eigenvalue weighted by atomic mass is 16.5. The van der Waals surface area contributed by atoms with Crippen LogP contribution in [-0.2, 0) is 9.53 Å². The molecule has 0 unspecified atom stereocenters. The van der Waals surface area contributed by atoms with Gasteiger partial charge in [0.1, 0.15) is 5.76 Å². The van der Waals surface area contributed by atoms with Crippen LogP contribution in [0.5, 0.6) is 0 Å². The van der Waals surface area contributed by atoms with E-state index in [9.17, 15) is 4.79 Å². The average Bonchev–Trinajstić information content (AvgIpc) is 2.72. The lowest BCUT2D eigenvalue weighted by Crippen LogP contribution is -2.06. The first-order valence-corrected chi connectivity index (χ1v) is 10.6. The molecule has 0 radical (unpaired) electrons. The average molecular weight is 359 g/mol. The minimum Gasteiger partial charge on any atom is -0.426 e. The molecule has 0 aromatic heterocycles. The van der Waals surface area contributed by atoms with Crippen molar-refractivity contribution in [3.63, 3.8) is 0 Å². The van der Waals surface area contributed by atoms with Gasteiger partial charge >= 0.3 is 5.97 Å². The number of carbonyl (C=O) groups is 1. The molecule has 0 aromatic carbocycles. The van der Waals surface area contributed by atoms with Crippen LogP contribution in [0.2, 0.25) is 0 Å². The monoisotopic (exact) mass is 358 g/mol. The van der Waals surface area contributed by atoms with Crippen molar-refractivity contribution < 1.29 is 9.53 Å². The number of hydrogen-bond donors (Lipinski definition) is 0. The highest BCUT2D eigenvalue weighted by molar-refractivity contribution is 5.71. The van der Waals surface area contributed by atoms with E-state index in [-0.39, 0.29) is 5.97 Å². The molecule has 0 aliphatic heterocycles. The molecule has 1 rings (SSSR count). The van der Waals surface area contributed by atoms with Crippen molar-refractivity contribution in [3.8, 4) is 0 Å². The Bertz CT molecular complexity index is 557. The van der Waals surface area contributed by atoms with Crippen LogP contribution in [0, 0.1) is 0 Å². The zero-order chi connectivity index (χ0) is 19.2. The van der Waals surface area contributed by atoms with Crippen molar-refractivity contribution >= 4 is 5.97 Å². The van der Waals surface area contributed by atoms with Crippen molar-refractivity contribution in [1.29, 1.82) is 0 Å². The summed E-state index contributed by atoms with van der Waals surface area (Å²) >= 11 is 0. The number of esters is 1. The molecule has 0 bridgehead atoms. The predicted octanol–water partition coefficient (Wildman–Crippen LogP) is 7.57. The van der Waals surface area contributed by atoms with E-state index in [2.05, 4.69) is 12.7 Å². The van der Waals surface area contributed by atoms with Crippen LogP contribution < -0.4 is 0 Å². The van der Waals surface area contributed by atoms with Crippen LogP contribution in [0.1, 0.15) is 105 Å². The predicted molar refractivity (Wildman–Crippen MR) is 111 cm³/mol. The third kappa shape index (κ3) is 9.82. The molecule has 0 aromatic rings. The minimum atomic E-state index is -0.115. The molecule has 2 nitrogen and oxygen atoms in total. The number of carbonyl (C=O) groups excluding carboxylic acids is 1. The fourth-order valence-electron chi connectivity index (χ4n) is 3.29. The van der Waals surface area contributed by atoms with Crippen LogP contribution >= 0.6 is 0 Å². The molecule has 0 atom stereocenters. The summed E-state index contributed by atoms with van der Waals surface area (Å²) < 4.78 is 5.62. The summed E-state index contributed by atoms with van der Waals surface area (Å²) in [6.45, 7) is 8.22. The lowest BCUT2D eigenvalue weighted by molar-refractivity contribution is -0.139. The normalized spacial score (nSPS) is 14.2. The van der Waals surface area contributed by atoms with Gasteiger partial charge in [-0.15, -0.1) is 5.73 Å². The van der Waals surface area contributed by atoms with Gasteiger partial charge in [-0.2, -0.15) is 0 Å². The second-order valence-corrected chi connectivity index (χ2v) is 7.57. The summed E-state index contributed by atoms with van der Waals surface area (Å²) in [5, 5.41) is 0. The van der Waals surface area contributed by atoms with Crippen molar-refractivity contribution in [2.75, 3.05) is 0 Å². The first-order chi connectivity index (χ1) is 12.5. The van der Waals surface area contributed by atoms with Gasteiger partial charge in [-0.05, 0) is 56.1 Å². The van der Waals surface area contributed by atoms with Gasteiger partial charge in [-0.25, -0.2) is 0 Å². The Kier molecular flexibility index (Phi) is 11.8. The minimum absolute atomic E-state index is 0.115. The highest BCUT2D eigenvalue weighted by Gasteiger charge is 2.12. The topological polar surface area (TPSA) is 26.3 Å². The summed E-state index contributed by atoms with van der Waals surface area (Å²) in [6.07, 6.45) is 18.6. The van der Waals surface area contributed by atoms with E-state index in [0.717, 1.165) is 29.6 Å². The van der Waals surface area contributed by atoms with Gasteiger partial charge in [0.15, 0.2) is 0 Å². The second kappa shape index (κ2) is 13.6. The van der Waals surface area contributed by atoms with Crippen LogP contribution in [0.3, 0.4) is 0 Å². The van der Waals surface area contributed by atoms with Gasteiger partial charge in [0.2, 0.25) is 0 Å². The van der Waals surface area contributed by atoms with Gasteiger partial charge in [0, 0.05) is 6.42 Å². The Hall–Kier alpha value is -1.53. The molecule has 26 heavy (non-hydrogen) atoms. The Balaban J connectivity index is 2.11. The third-order valence-corrected chi connectivity index (χ3v) is 4.87. The highest BCUT2D eigenvalue weighted by Crippen LogP contribution is 2.22. The van der Waals surface area contributed by atoms with E-state index in [0.29, 0.717) is 12.2 Å². The van der Waals surface area contributed by atoms with Gasteiger partial charge in [0.05, 0.1) is 0 Å². The molecule has 0 N–H and O–H groups in total. The Morgan fingerprint density at radius 3 is 2.00 bits per heavy atom. The zero-order valence-electron chi connectivity index (χ0n) is 17.5. The largest absolute Gasteiger partial charge is 0.426 e. The summed E-state index contributed by atoms with van der Waals surface area (Å²) in [6, 6.07) is 0. The van der Waals surface area contributed by atoms with Crippen LogP contribution in [0.25, 0.3) is 0 Å². The van der Waals surface area contributed by atoms with Crippen LogP contribution in [0.4, 0.5) is 0 Å². The Labute approximate surface area is 161 Å². The molecule has 1 aliphatic carbocycles. The van der Waals surface area contributed by atoms with E-state index in [1.165, 1.54) is 57.8 Å². The summed E-state index contributed by atoms with van der Waals surface area (Å²) in [7, 11) is 0. The quantitative estimate of drug-likeness (QED) is 0.193. The van der Waals surface area contributed by atoms with Crippen LogP contribution in [0.15, 0.2) is 40.4 Å².